The van der Waals surface area contributed by atoms with Crippen molar-refractivity contribution in [1.82, 2.24) is 0 Å². The van der Waals surface area contributed by atoms with E-state index >= 15 is 0 Å². The van der Waals surface area contributed by atoms with Crippen LogP contribution >= 0.6 is 0 Å². The standard InChI is InChI=1S/C12H11NO/c14-13-11-7-3-1-5-9(11)10-6-2-4-8-12(10)13/h1-9,11,14H. The van der Waals surface area contributed by atoms with E-state index in [1.54, 1.807) is 0 Å². The molecule has 0 fully saturated rings. The predicted octanol–water partition coefficient (Wildman–Crippen LogP) is 2.47. The summed E-state index contributed by atoms with van der Waals surface area (Å²) in [6, 6.07) is 8.08. The molecule has 1 aromatic carbocycles. The number of hydrogen-bond acceptors (Lipinski definition) is 2. The van der Waals surface area contributed by atoms with Crippen molar-refractivity contribution in [1.29, 1.82) is 0 Å². The van der Waals surface area contributed by atoms with Gasteiger partial charge in [-0.2, -0.15) is 0 Å². The second-order valence-corrected chi connectivity index (χ2v) is 3.69. The lowest BCUT2D eigenvalue weighted by Crippen LogP contribution is -2.29. The van der Waals surface area contributed by atoms with Crippen molar-refractivity contribution in [3.63, 3.8) is 0 Å². The van der Waals surface area contributed by atoms with Crippen LogP contribution in [0, 0.1) is 0 Å². The molecule has 0 saturated carbocycles. The average Bonchev–Trinajstić information content (AvgIpc) is 2.55. The zero-order valence-corrected chi connectivity index (χ0v) is 7.67. The van der Waals surface area contributed by atoms with Crippen LogP contribution in [0.15, 0.2) is 48.6 Å². The quantitative estimate of drug-likeness (QED) is 0.671. The summed E-state index contributed by atoms with van der Waals surface area (Å²) in [6.07, 6.45) is 8.19. The summed E-state index contributed by atoms with van der Waals surface area (Å²) in [5.74, 6) is 0.307. The molecular formula is C12H11NO. The normalized spacial score (nSPS) is 27.6. The number of para-hydroxylation sites is 1. The highest BCUT2D eigenvalue weighted by molar-refractivity contribution is 5.63. The fourth-order valence-electron chi connectivity index (χ4n) is 2.26. The number of fused-ring (bicyclic) bond motifs is 3. The summed E-state index contributed by atoms with van der Waals surface area (Å²) in [6.45, 7) is 0. The van der Waals surface area contributed by atoms with Gasteiger partial charge in [0.25, 0.3) is 0 Å². The van der Waals surface area contributed by atoms with Gasteiger partial charge in [-0.05, 0) is 11.6 Å². The summed E-state index contributed by atoms with van der Waals surface area (Å²) >= 11 is 0. The molecule has 0 bridgehead atoms. The van der Waals surface area contributed by atoms with Crippen molar-refractivity contribution in [3.05, 3.63) is 54.1 Å². The molecule has 0 amide bonds. The van der Waals surface area contributed by atoms with Crippen molar-refractivity contribution < 1.29 is 5.21 Å². The van der Waals surface area contributed by atoms with Crippen LogP contribution in [0.4, 0.5) is 5.69 Å². The van der Waals surface area contributed by atoms with E-state index in [1.165, 1.54) is 10.6 Å². The number of anilines is 1. The predicted molar refractivity (Wildman–Crippen MR) is 55.5 cm³/mol. The SMILES string of the molecule is ON1c2ccccc2C2C=CC=CC21. The molecule has 3 rings (SSSR count). The molecule has 2 heteroatoms. The number of hydrogen-bond donors (Lipinski definition) is 1. The van der Waals surface area contributed by atoms with Crippen LogP contribution in [-0.2, 0) is 0 Å². The minimum Gasteiger partial charge on any atom is -0.288 e. The molecule has 2 nitrogen and oxygen atoms in total. The van der Waals surface area contributed by atoms with Gasteiger partial charge >= 0.3 is 0 Å². The first-order valence-corrected chi connectivity index (χ1v) is 4.80. The van der Waals surface area contributed by atoms with E-state index in [0.717, 1.165) is 5.69 Å². The third-order valence-electron chi connectivity index (χ3n) is 2.93. The van der Waals surface area contributed by atoms with Crippen molar-refractivity contribution in [2.45, 2.75) is 12.0 Å². The molecule has 1 heterocycles. The Morgan fingerprint density at radius 1 is 1.07 bits per heavy atom. The van der Waals surface area contributed by atoms with Gasteiger partial charge in [0, 0.05) is 5.92 Å². The molecule has 0 aromatic heterocycles. The molecule has 14 heavy (non-hydrogen) atoms. The molecule has 2 unspecified atom stereocenters. The van der Waals surface area contributed by atoms with Crippen molar-refractivity contribution >= 4 is 5.69 Å². The van der Waals surface area contributed by atoms with Gasteiger partial charge in [-0.25, -0.2) is 5.06 Å². The lowest BCUT2D eigenvalue weighted by molar-refractivity contribution is 0.238. The lowest BCUT2D eigenvalue weighted by Gasteiger charge is -2.21. The Morgan fingerprint density at radius 2 is 1.86 bits per heavy atom. The Kier molecular flexibility index (Phi) is 1.52. The zero-order chi connectivity index (χ0) is 9.54. The molecule has 0 spiro atoms. The Morgan fingerprint density at radius 3 is 2.79 bits per heavy atom. The maximum atomic E-state index is 9.92. The minimum absolute atomic E-state index is 0.0809. The Labute approximate surface area is 82.7 Å². The fraction of sp³-hybridized carbons (Fsp3) is 0.167. The van der Waals surface area contributed by atoms with E-state index in [2.05, 4.69) is 12.1 Å². The molecule has 2 atom stereocenters. The number of rotatable bonds is 0. The molecule has 1 aliphatic carbocycles. The van der Waals surface area contributed by atoms with Crippen LogP contribution in [0.5, 0.6) is 0 Å². The number of nitrogens with zero attached hydrogens (tertiary/aromatic N) is 1. The minimum atomic E-state index is 0.0809. The smallest absolute Gasteiger partial charge is 0.0850 e. The maximum Gasteiger partial charge on any atom is 0.0850 e. The van der Waals surface area contributed by atoms with Gasteiger partial charge in [-0.1, -0.05) is 42.5 Å². The van der Waals surface area contributed by atoms with Crippen LogP contribution in [0.25, 0.3) is 0 Å². The van der Waals surface area contributed by atoms with Gasteiger partial charge in [0.05, 0.1) is 11.7 Å². The topological polar surface area (TPSA) is 23.5 Å². The van der Waals surface area contributed by atoms with Crippen LogP contribution in [-0.4, -0.2) is 11.2 Å². The highest BCUT2D eigenvalue weighted by Crippen LogP contribution is 2.42. The first-order valence-electron chi connectivity index (χ1n) is 4.80. The van der Waals surface area contributed by atoms with Gasteiger partial charge < -0.3 is 0 Å². The van der Waals surface area contributed by atoms with Crippen LogP contribution in [0.1, 0.15) is 11.5 Å². The van der Waals surface area contributed by atoms with Gasteiger partial charge in [0.2, 0.25) is 0 Å². The van der Waals surface area contributed by atoms with Crippen molar-refractivity contribution in [3.8, 4) is 0 Å². The Bertz CT molecular complexity index is 422. The highest BCUT2D eigenvalue weighted by atomic mass is 16.5. The third-order valence-corrected chi connectivity index (χ3v) is 2.93. The fourth-order valence-corrected chi connectivity index (χ4v) is 2.26. The van der Waals surface area contributed by atoms with Gasteiger partial charge in [-0.15, -0.1) is 0 Å². The van der Waals surface area contributed by atoms with Crippen LogP contribution < -0.4 is 5.06 Å². The highest BCUT2D eigenvalue weighted by Gasteiger charge is 2.35. The lowest BCUT2D eigenvalue weighted by atomic mass is 9.92. The molecule has 0 saturated heterocycles. The summed E-state index contributed by atoms with van der Waals surface area (Å²) < 4.78 is 0. The van der Waals surface area contributed by atoms with Gasteiger partial charge in [0.15, 0.2) is 0 Å². The first-order chi connectivity index (χ1) is 6.88. The number of benzene rings is 1. The van der Waals surface area contributed by atoms with E-state index in [0.29, 0.717) is 5.92 Å². The molecule has 1 aromatic rings. The average molecular weight is 185 g/mol. The van der Waals surface area contributed by atoms with E-state index in [4.69, 9.17) is 0 Å². The van der Waals surface area contributed by atoms with Crippen molar-refractivity contribution in [2.75, 3.05) is 5.06 Å². The summed E-state index contributed by atoms with van der Waals surface area (Å²) in [5.41, 5.74) is 2.14. The third kappa shape index (κ3) is 0.888. The monoisotopic (exact) mass is 185 g/mol. The van der Waals surface area contributed by atoms with Crippen LogP contribution in [0.2, 0.25) is 0 Å². The number of allylic oxidation sites excluding steroid dienone is 2. The second kappa shape index (κ2) is 2.72. The summed E-state index contributed by atoms with van der Waals surface area (Å²) in [5, 5.41) is 11.3. The summed E-state index contributed by atoms with van der Waals surface area (Å²) in [7, 11) is 0. The largest absolute Gasteiger partial charge is 0.288 e. The number of hydroxylamine groups is 1. The molecular weight excluding hydrogens is 174 g/mol. The Hall–Kier alpha value is -1.54. The van der Waals surface area contributed by atoms with Gasteiger partial charge in [0.1, 0.15) is 0 Å². The molecule has 1 aliphatic heterocycles. The maximum absolute atomic E-state index is 9.92. The van der Waals surface area contributed by atoms with E-state index in [9.17, 15) is 5.21 Å². The van der Waals surface area contributed by atoms with E-state index in [1.807, 2.05) is 36.4 Å². The molecule has 1 N–H and O–H groups in total. The molecule has 2 aliphatic rings. The van der Waals surface area contributed by atoms with E-state index in [-0.39, 0.29) is 6.04 Å². The first kappa shape index (κ1) is 7.83. The molecule has 70 valence electrons. The van der Waals surface area contributed by atoms with Crippen molar-refractivity contribution in [2.24, 2.45) is 0 Å². The molecule has 0 radical (unpaired) electrons. The van der Waals surface area contributed by atoms with Crippen LogP contribution in [0.3, 0.4) is 0 Å². The summed E-state index contributed by atoms with van der Waals surface area (Å²) in [4.78, 5) is 0. The Balaban J connectivity index is 2.17. The zero-order valence-electron chi connectivity index (χ0n) is 7.67. The van der Waals surface area contributed by atoms with E-state index < -0.39 is 0 Å². The second-order valence-electron chi connectivity index (χ2n) is 3.69. The van der Waals surface area contributed by atoms with Gasteiger partial charge in [-0.3, -0.25) is 5.21 Å².